The van der Waals surface area contributed by atoms with Gasteiger partial charge in [0.05, 0.1) is 0 Å². The molecule has 2 bridgehead atoms. The molecule has 0 saturated heterocycles. The second-order valence-electron chi connectivity index (χ2n) is 5.58. The van der Waals surface area contributed by atoms with Crippen molar-refractivity contribution in [1.82, 2.24) is 4.98 Å². The van der Waals surface area contributed by atoms with Crippen molar-refractivity contribution in [2.24, 2.45) is 11.3 Å². The third kappa shape index (κ3) is 1.09. The Morgan fingerprint density at radius 1 is 1.56 bits per heavy atom. The summed E-state index contributed by atoms with van der Waals surface area (Å²) in [7, 11) is 0. The van der Waals surface area contributed by atoms with Crippen LogP contribution in [0.25, 0.3) is 0 Å². The maximum absolute atomic E-state index is 10.8. The molecular formula is C13H15NO2. The molecule has 1 aromatic rings. The Balaban J connectivity index is 2.06. The number of hydrogen-bond donors (Lipinski definition) is 1. The van der Waals surface area contributed by atoms with E-state index in [1.807, 2.05) is 0 Å². The first-order valence-corrected chi connectivity index (χ1v) is 5.72. The van der Waals surface area contributed by atoms with Gasteiger partial charge in [-0.3, -0.25) is 0 Å². The summed E-state index contributed by atoms with van der Waals surface area (Å²) in [4.78, 5) is 14.9. The lowest BCUT2D eigenvalue weighted by molar-refractivity contribution is 0.0182. The number of aromatic carboxylic acids is 1. The molecule has 3 heteroatoms. The number of carbonyl (C=O) groups is 1. The van der Waals surface area contributed by atoms with Crippen LogP contribution < -0.4 is 0 Å². The lowest BCUT2D eigenvalue weighted by Gasteiger charge is -2.57. The van der Waals surface area contributed by atoms with E-state index in [9.17, 15) is 4.79 Å². The van der Waals surface area contributed by atoms with Crippen molar-refractivity contribution in [3.8, 4) is 0 Å². The largest absolute Gasteiger partial charge is 0.477 e. The van der Waals surface area contributed by atoms with E-state index in [0.717, 1.165) is 6.42 Å². The predicted molar refractivity (Wildman–Crippen MR) is 59.5 cm³/mol. The van der Waals surface area contributed by atoms with Gasteiger partial charge in [-0.25, -0.2) is 9.78 Å². The molecule has 0 aliphatic heterocycles. The minimum Gasteiger partial charge on any atom is -0.477 e. The summed E-state index contributed by atoms with van der Waals surface area (Å²) in [6, 6.07) is 1.76. The Morgan fingerprint density at radius 3 is 2.94 bits per heavy atom. The van der Waals surface area contributed by atoms with E-state index in [-0.39, 0.29) is 5.69 Å². The summed E-state index contributed by atoms with van der Waals surface area (Å²) in [6.07, 6.45) is 4.04. The van der Waals surface area contributed by atoms with Crippen LogP contribution >= 0.6 is 0 Å². The molecular weight excluding hydrogens is 202 g/mol. The van der Waals surface area contributed by atoms with E-state index in [1.165, 1.54) is 17.5 Å². The lowest BCUT2D eigenvalue weighted by atomic mass is 9.48. The third-order valence-corrected chi connectivity index (χ3v) is 4.56. The fourth-order valence-electron chi connectivity index (χ4n) is 3.27. The van der Waals surface area contributed by atoms with Gasteiger partial charge in [-0.15, -0.1) is 0 Å². The maximum atomic E-state index is 10.8. The van der Waals surface area contributed by atoms with Crippen LogP contribution in [0.4, 0.5) is 0 Å². The summed E-state index contributed by atoms with van der Waals surface area (Å²) in [5, 5.41) is 8.90. The first kappa shape index (κ1) is 9.82. The molecule has 1 N–H and O–H groups in total. The maximum Gasteiger partial charge on any atom is 0.354 e. The van der Waals surface area contributed by atoms with E-state index in [2.05, 4.69) is 18.8 Å². The molecule has 1 fully saturated rings. The fraction of sp³-hybridized carbons (Fsp3) is 0.538. The van der Waals surface area contributed by atoms with E-state index in [4.69, 9.17) is 5.11 Å². The molecule has 0 aromatic carbocycles. The molecule has 3 aliphatic carbocycles. The first-order chi connectivity index (χ1) is 7.50. The Kier molecular flexibility index (Phi) is 1.74. The molecule has 0 radical (unpaired) electrons. The fourth-order valence-corrected chi connectivity index (χ4v) is 3.27. The summed E-state index contributed by atoms with van der Waals surface area (Å²) in [6.45, 7) is 4.61. The minimum atomic E-state index is -0.929. The molecule has 0 unspecified atom stereocenters. The van der Waals surface area contributed by atoms with Gasteiger partial charge in [-0.2, -0.15) is 0 Å². The van der Waals surface area contributed by atoms with Crippen LogP contribution in [0, 0.1) is 11.3 Å². The van der Waals surface area contributed by atoms with Gasteiger partial charge < -0.3 is 5.11 Å². The molecule has 84 valence electrons. The third-order valence-electron chi connectivity index (χ3n) is 4.56. The van der Waals surface area contributed by atoms with Crippen molar-refractivity contribution < 1.29 is 9.90 Å². The van der Waals surface area contributed by atoms with Crippen LogP contribution in [0.3, 0.4) is 0 Å². The summed E-state index contributed by atoms with van der Waals surface area (Å²) in [5.74, 6) is 0.368. The smallest absolute Gasteiger partial charge is 0.354 e. The van der Waals surface area contributed by atoms with Crippen LogP contribution in [0.2, 0.25) is 0 Å². The number of nitrogens with zero attached hydrogens (tertiary/aromatic N) is 1. The molecule has 1 saturated carbocycles. The number of rotatable bonds is 1. The van der Waals surface area contributed by atoms with Crippen molar-refractivity contribution in [1.29, 1.82) is 0 Å². The monoisotopic (exact) mass is 217 g/mol. The number of carboxylic acids is 1. The van der Waals surface area contributed by atoms with Crippen LogP contribution in [-0.2, 0) is 6.42 Å². The molecule has 3 nitrogen and oxygen atoms in total. The second kappa shape index (κ2) is 2.84. The zero-order valence-corrected chi connectivity index (χ0v) is 9.53. The molecule has 1 aromatic heterocycles. The van der Waals surface area contributed by atoms with E-state index in [0.29, 0.717) is 17.3 Å². The topological polar surface area (TPSA) is 50.2 Å². The summed E-state index contributed by atoms with van der Waals surface area (Å²) < 4.78 is 0. The Morgan fingerprint density at radius 2 is 2.31 bits per heavy atom. The molecule has 2 atom stereocenters. The first-order valence-electron chi connectivity index (χ1n) is 5.72. The van der Waals surface area contributed by atoms with Gasteiger partial charge in [0.2, 0.25) is 0 Å². The van der Waals surface area contributed by atoms with Crippen molar-refractivity contribution in [2.75, 3.05) is 0 Å². The van der Waals surface area contributed by atoms with Gasteiger partial charge >= 0.3 is 5.97 Å². The molecule has 0 spiro atoms. The van der Waals surface area contributed by atoms with Crippen LogP contribution in [0.15, 0.2) is 12.3 Å². The van der Waals surface area contributed by atoms with E-state index >= 15 is 0 Å². The van der Waals surface area contributed by atoms with E-state index in [1.54, 1.807) is 12.3 Å². The zero-order chi connectivity index (χ0) is 11.5. The zero-order valence-electron chi connectivity index (χ0n) is 9.53. The van der Waals surface area contributed by atoms with Crippen molar-refractivity contribution in [3.05, 3.63) is 29.1 Å². The highest BCUT2D eigenvalue weighted by atomic mass is 16.4. The van der Waals surface area contributed by atoms with Gasteiger partial charge in [0.1, 0.15) is 5.69 Å². The van der Waals surface area contributed by atoms with Crippen LogP contribution in [0.1, 0.15) is 47.8 Å². The van der Waals surface area contributed by atoms with Crippen molar-refractivity contribution in [3.63, 3.8) is 0 Å². The molecule has 0 amide bonds. The number of carboxylic acid groups (broad SMARTS) is 1. The highest BCUT2D eigenvalue weighted by Gasteiger charge is 2.52. The number of aromatic nitrogens is 1. The van der Waals surface area contributed by atoms with Gasteiger partial charge in [-0.05, 0) is 47.3 Å². The Hall–Kier alpha value is -1.38. The lowest BCUT2D eigenvalue weighted by Crippen LogP contribution is -2.48. The highest BCUT2D eigenvalue weighted by Crippen LogP contribution is 2.61. The average molecular weight is 217 g/mol. The second-order valence-corrected chi connectivity index (χ2v) is 5.58. The molecule has 3 aliphatic rings. The van der Waals surface area contributed by atoms with Crippen LogP contribution in [0.5, 0.6) is 0 Å². The van der Waals surface area contributed by atoms with E-state index < -0.39 is 5.97 Å². The Bertz CT molecular complexity index is 479. The SMILES string of the molecule is CC1(C)[C@@H]2Cc3cc(C(=O)O)ncc3[C@H]1C2. The normalized spacial score (nSPS) is 29.1. The quantitative estimate of drug-likeness (QED) is 0.786. The van der Waals surface area contributed by atoms with Gasteiger partial charge in [-0.1, -0.05) is 13.8 Å². The van der Waals surface area contributed by atoms with Crippen LogP contribution in [-0.4, -0.2) is 16.1 Å². The standard InChI is InChI=1S/C13H15NO2/c1-13(2)8-3-7-4-11(12(15)16)14-6-9(7)10(13)5-8/h4,6,8,10H,3,5H2,1-2H3,(H,15,16)/t8-,10-/m1/s1. The molecule has 16 heavy (non-hydrogen) atoms. The predicted octanol–water partition coefficient (Wildman–Crippen LogP) is 2.47. The van der Waals surface area contributed by atoms with Gasteiger partial charge in [0.15, 0.2) is 0 Å². The number of pyridine rings is 1. The van der Waals surface area contributed by atoms with Gasteiger partial charge in [0, 0.05) is 6.20 Å². The summed E-state index contributed by atoms with van der Waals surface area (Å²) in [5.41, 5.74) is 3.03. The number of hydrogen-bond acceptors (Lipinski definition) is 2. The average Bonchev–Trinajstić information content (AvgIpc) is 2.27. The Labute approximate surface area is 94.5 Å². The summed E-state index contributed by atoms with van der Waals surface area (Å²) >= 11 is 0. The molecule has 1 heterocycles. The minimum absolute atomic E-state index is 0.179. The van der Waals surface area contributed by atoms with Gasteiger partial charge in [0.25, 0.3) is 0 Å². The highest BCUT2D eigenvalue weighted by molar-refractivity contribution is 5.85. The van der Waals surface area contributed by atoms with Crippen molar-refractivity contribution in [2.45, 2.75) is 32.6 Å². The molecule has 4 rings (SSSR count). The van der Waals surface area contributed by atoms with Crippen molar-refractivity contribution >= 4 is 5.97 Å².